The van der Waals surface area contributed by atoms with Crippen molar-refractivity contribution in [2.45, 2.75) is 31.6 Å². The van der Waals surface area contributed by atoms with Gasteiger partial charge < -0.3 is 20.3 Å². The molecule has 0 radical (unpaired) electrons. The first-order valence-corrected chi connectivity index (χ1v) is 11.3. The molecule has 0 aliphatic heterocycles. The Morgan fingerprint density at radius 3 is 2.00 bits per heavy atom. The van der Waals surface area contributed by atoms with E-state index >= 15 is 0 Å². The van der Waals surface area contributed by atoms with Crippen LogP contribution in [0.25, 0.3) is 0 Å². The Kier molecular flexibility index (Phi) is 8.22. The van der Waals surface area contributed by atoms with Crippen LogP contribution >= 0.6 is 0 Å². The Labute approximate surface area is 208 Å². The number of anilines is 1. The molecule has 0 unspecified atom stereocenters. The molecule has 3 aromatic rings. The van der Waals surface area contributed by atoms with Gasteiger partial charge in [-0.3, -0.25) is 19.2 Å². The SMILES string of the molecule is CC(C)c1ccccc1C(=O)Nc1ccc(CC(=O)OCC(C(=O)O)(C(=O)O)c2ccccc2)cc1. The third-order valence-electron chi connectivity index (χ3n) is 5.83. The lowest BCUT2D eigenvalue weighted by Crippen LogP contribution is -2.48. The van der Waals surface area contributed by atoms with Crippen molar-refractivity contribution in [2.24, 2.45) is 0 Å². The van der Waals surface area contributed by atoms with Gasteiger partial charge in [-0.1, -0.05) is 74.5 Å². The molecule has 3 aromatic carbocycles. The number of aliphatic carboxylic acids is 2. The molecule has 0 fully saturated rings. The first-order valence-electron chi connectivity index (χ1n) is 11.3. The van der Waals surface area contributed by atoms with E-state index in [-0.39, 0.29) is 23.8 Å². The first-order chi connectivity index (χ1) is 17.1. The molecule has 1 amide bonds. The second-order valence-electron chi connectivity index (χ2n) is 8.61. The summed E-state index contributed by atoms with van der Waals surface area (Å²) >= 11 is 0. The molecular formula is C28H27NO7. The number of nitrogens with one attached hydrogen (secondary N) is 1. The maximum Gasteiger partial charge on any atom is 0.329 e. The molecule has 36 heavy (non-hydrogen) atoms. The Morgan fingerprint density at radius 2 is 1.42 bits per heavy atom. The van der Waals surface area contributed by atoms with Crippen LogP contribution in [-0.2, 0) is 31.0 Å². The number of carboxylic acid groups (broad SMARTS) is 2. The molecule has 186 valence electrons. The number of carboxylic acids is 2. The quantitative estimate of drug-likeness (QED) is 0.287. The van der Waals surface area contributed by atoms with Gasteiger partial charge in [-0.15, -0.1) is 0 Å². The fraction of sp³-hybridized carbons (Fsp3) is 0.214. The van der Waals surface area contributed by atoms with Gasteiger partial charge in [0.05, 0.1) is 6.42 Å². The highest BCUT2D eigenvalue weighted by Gasteiger charge is 2.50. The molecular weight excluding hydrogens is 462 g/mol. The predicted octanol–water partition coefficient (Wildman–Crippen LogP) is 4.26. The van der Waals surface area contributed by atoms with Crippen LogP contribution in [0, 0.1) is 0 Å². The molecule has 0 atom stereocenters. The van der Waals surface area contributed by atoms with E-state index in [9.17, 15) is 29.4 Å². The van der Waals surface area contributed by atoms with Gasteiger partial charge in [0.1, 0.15) is 6.61 Å². The van der Waals surface area contributed by atoms with Crippen molar-refractivity contribution < 1.29 is 34.1 Å². The molecule has 3 N–H and O–H groups in total. The molecule has 0 saturated carbocycles. The molecule has 0 aliphatic rings. The van der Waals surface area contributed by atoms with Crippen molar-refractivity contribution in [3.05, 3.63) is 101 Å². The minimum Gasteiger partial charge on any atom is -0.480 e. The van der Waals surface area contributed by atoms with E-state index in [1.54, 1.807) is 42.5 Å². The second-order valence-corrected chi connectivity index (χ2v) is 8.61. The number of hydrogen-bond donors (Lipinski definition) is 3. The Hall–Kier alpha value is -4.46. The van der Waals surface area contributed by atoms with Gasteiger partial charge in [-0.05, 0) is 40.8 Å². The third-order valence-corrected chi connectivity index (χ3v) is 5.83. The first kappa shape index (κ1) is 26.2. The summed E-state index contributed by atoms with van der Waals surface area (Å²) in [5, 5.41) is 22.2. The number of esters is 1. The highest BCUT2D eigenvalue weighted by atomic mass is 16.5. The molecule has 8 nitrogen and oxygen atoms in total. The lowest BCUT2D eigenvalue weighted by atomic mass is 9.81. The lowest BCUT2D eigenvalue weighted by molar-refractivity contribution is -0.163. The molecule has 8 heteroatoms. The van der Waals surface area contributed by atoms with E-state index in [0.717, 1.165) is 5.56 Å². The number of amides is 1. The van der Waals surface area contributed by atoms with Crippen LogP contribution in [0.15, 0.2) is 78.9 Å². The van der Waals surface area contributed by atoms with Crippen LogP contribution in [0.3, 0.4) is 0 Å². The topological polar surface area (TPSA) is 130 Å². The zero-order valence-corrected chi connectivity index (χ0v) is 19.9. The zero-order chi connectivity index (χ0) is 26.3. The third kappa shape index (κ3) is 5.78. The van der Waals surface area contributed by atoms with Gasteiger partial charge in [0.15, 0.2) is 0 Å². The molecule has 0 saturated heterocycles. The zero-order valence-electron chi connectivity index (χ0n) is 19.9. The normalized spacial score (nSPS) is 11.1. The van der Waals surface area contributed by atoms with E-state index in [4.69, 9.17) is 4.74 Å². The van der Waals surface area contributed by atoms with Crippen LogP contribution in [0.5, 0.6) is 0 Å². The van der Waals surface area contributed by atoms with Crippen molar-refractivity contribution in [2.75, 3.05) is 11.9 Å². The molecule has 0 bridgehead atoms. The minimum absolute atomic E-state index is 0.00284. The largest absolute Gasteiger partial charge is 0.480 e. The lowest BCUT2D eigenvalue weighted by Gasteiger charge is -2.25. The van der Waals surface area contributed by atoms with Gasteiger partial charge in [-0.2, -0.15) is 0 Å². The maximum absolute atomic E-state index is 12.7. The van der Waals surface area contributed by atoms with E-state index in [0.29, 0.717) is 16.8 Å². The Balaban J connectivity index is 1.65. The van der Waals surface area contributed by atoms with Crippen molar-refractivity contribution in [3.63, 3.8) is 0 Å². The predicted molar refractivity (Wildman–Crippen MR) is 133 cm³/mol. The number of carbonyl (C=O) groups is 4. The minimum atomic E-state index is -2.42. The summed E-state index contributed by atoms with van der Waals surface area (Å²) in [5.74, 6) is -4.10. The van der Waals surface area contributed by atoms with Crippen LogP contribution in [0.4, 0.5) is 5.69 Å². The van der Waals surface area contributed by atoms with Gasteiger partial charge in [0.25, 0.3) is 5.91 Å². The Bertz CT molecular complexity index is 1240. The van der Waals surface area contributed by atoms with Crippen molar-refractivity contribution in [3.8, 4) is 0 Å². The van der Waals surface area contributed by atoms with Gasteiger partial charge in [0.2, 0.25) is 5.41 Å². The van der Waals surface area contributed by atoms with Crippen LogP contribution < -0.4 is 5.32 Å². The smallest absolute Gasteiger partial charge is 0.329 e. The van der Waals surface area contributed by atoms with Crippen LogP contribution in [0.2, 0.25) is 0 Å². The highest BCUT2D eigenvalue weighted by Crippen LogP contribution is 2.26. The summed E-state index contributed by atoms with van der Waals surface area (Å²) in [6, 6.07) is 21.3. The summed E-state index contributed by atoms with van der Waals surface area (Å²) in [7, 11) is 0. The number of carbonyl (C=O) groups excluding carboxylic acids is 2. The van der Waals surface area contributed by atoms with Crippen LogP contribution in [-0.4, -0.2) is 40.6 Å². The molecule has 0 heterocycles. The molecule has 0 aromatic heterocycles. The number of hydrogen-bond acceptors (Lipinski definition) is 5. The summed E-state index contributed by atoms with van der Waals surface area (Å²) in [6.45, 7) is 3.16. The highest BCUT2D eigenvalue weighted by molar-refractivity contribution is 6.06. The van der Waals surface area contributed by atoms with Gasteiger partial charge in [0, 0.05) is 11.3 Å². The second kappa shape index (κ2) is 11.3. The summed E-state index contributed by atoms with van der Waals surface area (Å²) < 4.78 is 5.11. The monoisotopic (exact) mass is 489 g/mol. The van der Waals surface area contributed by atoms with Crippen molar-refractivity contribution >= 4 is 29.5 Å². The van der Waals surface area contributed by atoms with Gasteiger partial charge >= 0.3 is 17.9 Å². The number of rotatable bonds is 10. The average Bonchev–Trinajstić information content (AvgIpc) is 2.85. The van der Waals surface area contributed by atoms with Crippen molar-refractivity contribution in [1.82, 2.24) is 0 Å². The van der Waals surface area contributed by atoms with E-state index < -0.39 is 29.9 Å². The average molecular weight is 490 g/mol. The fourth-order valence-electron chi connectivity index (χ4n) is 3.79. The molecule has 0 spiro atoms. The summed E-state index contributed by atoms with van der Waals surface area (Å²) in [5.41, 5.74) is 0.184. The molecule has 0 aliphatic carbocycles. The summed E-state index contributed by atoms with van der Waals surface area (Å²) in [6.07, 6.45) is -0.200. The molecule has 3 rings (SSSR count). The maximum atomic E-state index is 12.7. The summed E-state index contributed by atoms with van der Waals surface area (Å²) in [4.78, 5) is 49.0. The van der Waals surface area contributed by atoms with E-state index in [1.807, 2.05) is 26.0 Å². The van der Waals surface area contributed by atoms with Gasteiger partial charge in [-0.25, -0.2) is 0 Å². The van der Waals surface area contributed by atoms with Crippen molar-refractivity contribution in [1.29, 1.82) is 0 Å². The van der Waals surface area contributed by atoms with Crippen LogP contribution in [0.1, 0.15) is 46.8 Å². The fourth-order valence-corrected chi connectivity index (χ4v) is 3.79. The van der Waals surface area contributed by atoms with E-state index in [1.165, 1.54) is 24.3 Å². The number of benzene rings is 3. The number of ether oxygens (including phenoxy) is 1. The Morgan fingerprint density at radius 1 is 0.833 bits per heavy atom. The van der Waals surface area contributed by atoms with E-state index in [2.05, 4.69) is 5.32 Å². The standard InChI is InChI=1S/C28H27NO7/c1-18(2)22-10-6-7-11-23(22)25(31)29-21-14-12-19(13-15-21)16-24(30)36-17-28(26(32)33,27(34)35)20-8-4-3-5-9-20/h3-15,18H,16-17H2,1-2H3,(H,29,31)(H,32,33)(H,34,35).